The molecule has 0 aliphatic rings. The lowest BCUT2D eigenvalue weighted by atomic mass is 9.96. The van der Waals surface area contributed by atoms with Gasteiger partial charge < -0.3 is 5.73 Å². The largest absolute Gasteiger partial charge is 0.326 e. The highest BCUT2D eigenvalue weighted by atomic mass is 32.2. The minimum absolute atomic E-state index is 0.0478. The summed E-state index contributed by atoms with van der Waals surface area (Å²) in [5.41, 5.74) is 6.35. The maximum atomic E-state index is 12.2. The third-order valence-electron chi connectivity index (χ3n) is 3.23. The maximum absolute atomic E-state index is 12.2. The minimum Gasteiger partial charge on any atom is -0.326 e. The van der Waals surface area contributed by atoms with Crippen molar-refractivity contribution in [3.8, 4) is 0 Å². The van der Waals surface area contributed by atoms with Crippen molar-refractivity contribution < 1.29 is 8.42 Å². The van der Waals surface area contributed by atoms with Crippen LogP contribution in [0.25, 0.3) is 0 Å². The van der Waals surface area contributed by atoms with E-state index in [1.54, 1.807) is 11.4 Å². The minimum atomic E-state index is -3.40. The first kappa shape index (κ1) is 15.6. The molecule has 0 spiro atoms. The molecule has 1 aromatic heterocycles. The molecule has 0 saturated heterocycles. The van der Waals surface area contributed by atoms with E-state index in [0.717, 1.165) is 18.4 Å². The van der Waals surface area contributed by atoms with Gasteiger partial charge in [-0.2, -0.15) is 0 Å². The fraction of sp³-hybridized carbons (Fsp3) is 0.667. The van der Waals surface area contributed by atoms with Crippen LogP contribution >= 0.6 is 11.3 Å². The van der Waals surface area contributed by atoms with E-state index in [-0.39, 0.29) is 6.04 Å². The van der Waals surface area contributed by atoms with Gasteiger partial charge in [0.05, 0.1) is 0 Å². The second-order valence-electron chi connectivity index (χ2n) is 4.46. The van der Waals surface area contributed by atoms with E-state index >= 15 is 0 Å². The van der Waals surface area contributed by atoms with Crippen molar-refractivity contribution in [2.24, 2.45) is 11.7 Å². The van der Waals surface area contributed by atoms with Crippen molar-refractivity contribution in [1.82, 2.24) is 4.72 Å². The number of hydrogen-bond acceptors (Lipinski definition) is 4. The standard InChI is InChI=1S/C12H22N2O2S2/c1-4-11(5-2)9(3)14-18(15,16)12-6-10(7-13)8-17-12/h6,8-9,11,14H,4-5,7,13H2,1-3H3. The topological polar surface area (TPSA) is 72.2 Å². The van der Waals surface area contributed by atoms with Crippen LogP contribution in [0.1, 0.15) is 39.2 Å². The number of rotatable bonds is 7. The van der Waals surface area contributed by atoms with Gasteiger partial charge in [-0.15, -0.1) is 11.3 Å². The molecule has 4 nitrogen and oxygen atoms in total. The molecule has 18 heavy (non-hydrogen) atoms. The number of sulfonamides is 1. The summed E-state index contributed by atoms with van der Waals surface area (Å²) in [7, 11) is -3.40. The van der Waals surface area contributed by atoms with Crippen molar-refractivity contribution >= 4 is 21.4 Å². The highest BCUT2D eigenvalue weighted by molar-refractivity contribution is 7.91. The summed E-state index contributed by atoms with van der Waals surface area (Å²) in [4.78, 5) is 0. The Balaban J connectivity index is 2.81. The smallest absolute Gasteiger partial charge is 0.250 e. The molecule has 1 aromatic rings. The Morgan fingerprint density at radius 2 is 2.00 bits per heavy atom. The van der Waals surface area contributed by atoms with Crippen LogP contribution in [0.3, 0.4) is 0 Å². The summed E-state index contributed by atoms with van der Waals surface area (Å²) >= 11 is 1.22. The lowest BCUT2D eigenvalue weighted by molar-refractivity contribution is 0.391. The Bertz CT molecular complexity index is 464. The van der Waals surface area contributed by atoms with Crippen LogP contribution in [0, 0.1) is 5.92 Å². The van der Waals surface area contributed by atoms with Gasteiger partial charge in [0.15, 0.2) is 0 Å². The Morgan fingerprint density at radius 1 is 1.39 bits per heavy atom. The van der Waals surface area contributed by atoms with Gasteiger partial charge in [-0.05, 0) is 29.9 Å². The molecule has 1 atom stereocenters. The van der Waals surface area contributed by atoms with Crippen LogP contribution < -0.4 is 10.5 Å². The summed E-state index contributed by atoms with van der Waals surface area (Å²) in [6, 6.07) is 1.60. The zero-order chi connectivity index (χ0) is 13.8. The van der Waals surface area contributed by atoms with Crippen molar-refractivity contribution in [1.29, 1.82) is 0 Å². The van der Waals surface area contributed by atoms with Crippen LogP contribution in [0.2, 0.25) is 0 Å². The summed E-state index contributed by atoms with van der Waals surface area (Å²) in [6.45, 7) is 6.45. The van der Waals surface area contributed by atoms with Crippen molar-refractivity contribution in [3.05, 3.63) is 17.0 Å². The van der Waals surface area contributed by atoms with Gasteiger partial charge in [0.25, 0.3) is 0 Å². The van der Waals surface area contributed by atoms with Gasteiger partial charge in [0, 0.05) is 12.6 Å². The Labute approximate surface area is 114 Å². The SMILES string of the molecule is CCC(CC)C(C)NS(=O)(=O)c1cc(CN)cs1. The monoisotopic (exact) mass is 290 g/mol. The second-order valence-corrected chi connectivity index (χ2v) is 7.32. The summed E-state index contributed by atoms with van der Waals surface area (Å²) in [5, 5.41) is 1.79. The van der Waals surface area contributed by atoms with Crippen molar-refractivity contribution in [2.75, 3.05) is 0 Å². The third-order valence-corrected chi connectivity index (χ3v) is 6.27. The van der Waals surface area contributed by atoms with Gasteiger partial charge in [-0.3, -0.25) is 0 Å². The van der Waals surface area contributed by atoms with Gasteiger partial charge in [0.2, 0.25) is 10.0 Å². The van der Waals surface area contributed by atoms with E-state index in [9.17, 15) is 8.42 Å². The van der Waals surface area contributed by atoms with Crippen LogP contribution in [0.4, 0.5) is 0 Å². The van der Waals surface area contributed by atoms with Gasteiger partial charge >= 0.3 is 0 Å². The van der Waals surface area contributed by atoms with E-state index in [0.29, 0.717) is 16.7 Å². The predicted octanol–water partition coefficient (Wildman–Crippen LogP) is 2.31. The van der Waals surface area contributed by atoms with Crippen molar-refractivity contribution in [2.45, 2.75) is 50.4 Å². The molecule has 0 bridgehead atoms. The average Bonchev–Trinajstić information content (AvgIpc) is 2.79. The molecule has 0 aliphatic heterocycles. The molecule has 0 radical (unpaired) electrons. The van der Waals surface area contributed by atoms with E-state index in [1.165, 1.54) is 11.3 Å². The van der Waals surface area contributed by atoms with E-state index in [2.05, 4.69) is 18.6 Å². The van der Waals surface area contributed by atoms with Crippen LogP contribution in [-0.2, 0) is 16.6 Å². The molecular weight excluding hydrogens is 268 g/mol. The molecular formula is C12H22N2O2S2. The summed E-state index contributed by atoms with van der Waals surface area (Å²) in [5.74, 6) is 0.369. The number of nitrogens with two attached hydrogens (primary N) is 1. The molecule has 6 heteroatoms. The number of thiophene rings is 1. The lowest BCUT2D eigenvalue weighted by Gasteiger charge is -2.21. The van der Waals surface area contributed by atoms with Crippen LogP contribution in [0.15, 0.2) is 15.7 Å². The first-order valence-electron chi connectivity index (χ1n) is 6.24. The second kappa shape index (κ2) is 6.65. The summed E-state index contributed by atoms with van der Waals surface area (Å²) < 4.78 is 27.4. The number of nitrogens with one attached hydrogen (secondary N) is 1. The normalized spacial score (nSPS) is 14.1. The Hall–Kier alpha value is -0.430. The van der Waals surface area contributed by atoms with Crippen LogP contribution in [-0.4, -0.2) is 14.5 Å². The first-order chi connectivity index (χ1) is 8.44. The molecule has 0 saturated carbocycles. The molecule has 0 amide bonds. The zero-order valence-electron chi connectivity index (χ0n) is 11.1. The molecule has 3 N–H and O–H groups in total. The molecule has 104 valence electrons. The van der Waals surface area contributed by atoms with E-state index < -0.39 is 10.0 Å². The molecule has 1 unspecified atom stereocenters. The summed E-state index contributed by atoms with van der Waals surface area (Å²) in [6.07, 6.45) is 1.94. The van der Waals surface area contributed by atoms with E-state index in [1.807, 2.05) is 6.92 Å². The Kier molecular flexibility index (Phi) is 5.78. The average molecular weight is 290 g/mol. The molecule has 0 fully saturated rings. The van der Waals surface area contributed by atoms with Crippen molar-refractivity contribution in [3.63, 3.8) is 0 Å². The third kappa shape index (κ3) is 3.78. The highest BCUT2D eigenvalue weighted by Crippen LogP contribution is 2.22. The number of hydrogen-bond donors (Lipinski definition) is 2. The van der Waals surface area contributed by atoms with Gasteiger partial charge in [-0.1, -0.05) is 26.7 Å². The van der Waals surface area contributed by atoms with E-state index in [4.69, 9.17) is 5.73 Å². The molecule has 0 aromatic carbocycles. The molecule has 1 rings (SSSR count). The molecule has 0 aliphatic carbocycles. The lowest BCUT2D eigenvalue weighted by Crippen LogP contribution is -2.37. The first-order valence-corrected chi connectivity index (χ1v) is 8.60. The van der Waals surface area contributed by atoms with Crippen LogP contribution in [0.5, 0.6) is 0 Å². The molecule has 1 heterocycles. The van der Waals surface area contributed by atoms with Gasteiger partial charge in [-0.25, -0.2) is 13.1 Å². The fourth-order valence-corrected chi connectivity index (χ4v) is 4.55. The Morgan fingerprint density at radius 3 is 2.44 bits per heavy atom. The van der Waals surface area contributed by atoms with Gasteiger partial charge in [0.1, 0.15) is 4.21 Å². The zero-order valence-corrected chi connectivity index (χ0v) is 12.8. The quantitative estimate of drug-likeness (QED) is 0.809. The predicted molar refractivity (Wildman–Crippen MR) is 76.1 cm³/mol. The maximum Gasteiger partial charge on any atom is 0.250 e. The highest BCUT2D eigenvalue weighted by Gasteiger charge is 2.23. The fourth-order valence-electron chi connectivity index (χ4n) is 2.00.